The van der Waals surface area contributed by atoms with E-state index < -0.39 is 0 Å². The molecule has 2 rings (SSSR count). The topological polar surface area (TPSA) is 30.3 Å². The van der Waals surface area contributed by atoms with Gasteiger partial charge in [0.2, 0.25) is 0 Å². The summed E-state index contributed by atoms with van der Waals surface area (Å²) in [4.78, 5) is 4.73. The Hall–Kier alpha value is -0.590. The molecule has 0 amide bonds. The number of hydrogen-bond acceptors (Lipinski definition) is 3. The lowest BCUT2D eigenvalue weighted by molar-refractivity contribution is -0.0414. The van der Waals surface area contributed by atoms with Gasteiger partial charge >= 0.3 is 0 Å². The van der Waals surface area contributed by atoms with Crippen LogP contribution in [0.2, 0.25) is 0 Å². The zero-order valence-electron chi connectivity index (χ0n) is 7.75. The van der Waals surface area contributed by atoms with Crippen molar-refractivity contribution in [3.8, 4) is 6.07 Å². The van der Waals surface area contributed by atoms with Gasteiger partial charge in [-0.3, -0.25) is 4.90 Å². The maximum absolute atomic E-state index is 8.80. The van der Waals surface area contributed by atoms with E-state index in [1.165, 1.54) is 13.1 Å². The van der Waals surface area contributed by atoms with E-state index in [0.717, 1.165) is 19.1 Å². The van der Waals surface area contributed by atoms with Crippen LogP contribution in [0.5, 0.6) is 0 Å². The van der Waals surface area contributed by atoms with Crippen molar-refractivity contribution >= 4 is 0 Å². The van der Waals surface area contributed by atoms with Crippen LogP contribution in [0.4, 0.5) is 0 Å². The lowest BCUT2D eigenvalue weighted by Gasteiger charge is -2.53. The maximum atomic E-state index is 8.80. The minimum absolute atomic E-state index is 0.0475. The molecule has 2 fully saturated rings. The highest BCUT2D eigenvalue weighted by Gasteiger charge is 2.44. The second-order valence-corrected chi connectivity index (χ2v) is 4.45. The van der Waals surface area contributed by atoms with Crippen LogP contribution >= 0.6 is 0 Å². The van der Waals surface area contributed by atoms with Crippen molar-refractivity contribution in [2.75, 3.05) is 33.2 Å². The SMILES string of the molecule is CN1CC(N2CC(C)(C#N)C2)C1. The van der Waals surface area contributed by atoms with Gasteiger partial charge in [-0.15, -0.1) is 0 Å². The summed E-state index contributed by atoms with van der Waals surface area (Å²) in [7, 11) is 2.14. The largest absolute Gasteiger partial charge is 0.303 e. The Morgan fingerprint density at radius 2 is 2.00 bits per heavy atom. The van der Waals surface area contributed by atoms with Gasteiger partial charge in [0.25, 0.3) is 0 Å². The number of nitrogens with zero attached hydrogens (tertiary/aromatic N) is 3. The molecular formula is C9H15N3. The van der Waals surface area contributed by atoms with E-state index in [2.05, 4.69) is 22.9 Å². The average molecular weight is 165 g/mol. The standard InChI is InChI=1S/C9H15N3/c1-9(5-10)6-12(7-9)8-3-11(2)4-8/h8H,3-4,6-7H2,1-2H3. The molecule has 2 heterocycles. The highest BCUT2D eigenvalue weighted by Crippen LogP contribution is 2.32. The van der Waals surface area contributed by atoms with Crippen molar-refractivity contribution in [3.63, 3.8) is 0 Å². The molecule has 0 aromatic rings. The van der Waals surface area contributed by atoms with Crippen LogP contribution in [0.1, 0.15) is 6.92 Å². The third-order valence-electron chi connectivity index (χ3n) is 2.94. The quantitative estimate of drug-likeness (QED) is 0.554. The van der Waals surface area contributed by atoms with Crippen LogP contribution in [-0.2, 0) is 0 Å². The van der Waals surface area contributed by atoms with Crippen LogP contribution in [0.3, 0.4) is 0 Å². The molecule has 3 nitrogen and oxygen atoms in total. The predicted molar refractivity (Wildman–Crippen MR) is 46.6 cm³/mol. The number of nitriles is 1. The summed E-state index contributed by atoms with van der Waals surface area (Å²) in [6.07, 6.45) is 0. The second kappa shape index (κ2) is 2.45. The molecule has 3 heteroatoms. The molecule has 2 aliphatic heterocycles. The van der Waals surface area contributed by atoms with Crippen molar-refractivity contribution in [1.82, 2.24) is 9.80 Å². The molecule has 0 radical (unpaired) electrons. The average Bonchev–Trinajstić information content (AvgIpc) is 1.93. The van der Waals surface area contributed by atoms with Gasteiger partial charge < -0.3 is 4.90 Å². The Labute approximate surface area is 73.6 Å². The molecule has 0 aromatic heterocycles. The predicted octanol–water partition coefficient (Wildman–Crippen LogP) is 0.146. The number of hydrogen-bond donors (Lipinski definition) is 0. The molecule has 0 unspecified atom stereocenters. The molecule has 66 valence electrons. The molecule has 2 aliphatic rings. The van der Waals surface area contributed by atoms with E-state index in [4.69, 9.17) is 5.26 Å². The molecule has 2 saturated heterocycles. The fourth-order valence-corrected chi connectivity index (χ4v) is 2.08. The van der Waals surface area contributed by atoms with E-state index in [1.807, 2.05) is 6.92 Å². The fourth-order valence-electron chi connectivity index (χ4n) is 2.08. The van der Waals surface area contributed by atoms with Crippen LogP contribution in [-0.4, -0.2) is 49.1 Å². The Balaban J connectivity index is 1.79. The highest BCUT2D eigenvalue weighted by atomic mass is 15.3. The smallest absolute Gasteiger partial charge is 0.0799 e. The van der Waals surface area contributed by atoms with Crippen molar-refractivity contribution < 1.29 is 0 Å². The summed E-state index contributed by atoms with van der Waals surface area (Å²) in [6, 6.07) is 3.10. The van der Waals surface area contributed by atoms with Gasteiger partial charge in [0.1, 0.15) is 0 Å². The monoisotopic (exact) mass is 165 g/mol. The first-order valence-corrected chi connectivity index (χ1v) is 4.47. The number of rotatable bonds is 1. The summed E-state index contributed by atoms with van der Waals surface area (Å²) in [5, 5.41) is 8.80. The molecule has 0 aliphatic carbocycles. The Morgan fingerprint density at radius 3 is 2.42 bits per heavy atom. The highest BCUT2D eigenvalue weighted by molar-refractivity contribution is 5.09. The first-order chi connectivity index (χ1) is 5.63. The summed E-state index contributed by atoms with van der Waals surface area (Å²) >= 11 is 0. The summed E-state index contributed by atoms with van der Waals surface area (Å²) in [6.45, 7) is 6.36. The van der Waals surface area contributed by atoms with Gasteiger partial charge in [0.05, 0.1) is 11.5 Å². The van der Waals surface area contributed by atoms with E-state index in [9.17, 15) is 0 Å². The molecule has 0 saturated carbocycles. The lowest BCUT2D eigenvalue weighted by atomic mass is 9.81. The third kappa shape index (κ3) is 1.12. The van der Waals surface area contributed by atoms with Crippen LogP contribution in [0, 0.1) is 16.7 Å². The van der Waals surface area contributed by atoms with Gasteiger partial charge in [0.15, 0.2) is 0 Å². The summed E-state index contributed by atoms with van der Waals surface area (Å²) in [5.74, 6) is 0. The first-order valence-electron chi connectivity index (χ1n) is 4.47. The third-order valence-corrected chi connectivity index (χ3v) is 2.94. The summed E-state index contributed by atoms with van der Waals surface area (Å²) in [5.41, 5.74) is -0.0475. The van der Waals surface area contributed by atoms with Crippen molar-refractivity contribution in [1.29, 1.82) is 5.26 Å². The minimum Gasteiger partial charge on any atom is -0.303 e. The zero-order valence-corrected chi connectivity index (χ0v) is 7.75. The second-order valence-electron chi connectivity index (χ2n) is 4.45. The Morgan fingerprint density at radius 1 is 1.42 bits per heavy atom. The lowest BCUT2D eigenvalue weighted by Crippen LogP contribution is -2.66. The van der Waals surface area contributed by atoms with Crippen LogP contribution in [0.15, 0.2) is 0 Å². The Kier molecular flexibility index (Phi) is 1.64. The van der Waals surface area contributed by atoms with Crippen molar-refractivity contribution in [2.45, 2.75) is 13.0 Å². The van der Waals surface area contributed by atoms with Gasteiger partial charge in [-0.25, -0.2) is 0 Å². The number of likely N-dealkylation sites (tertiary alicyclic amines) is 2. The normalized spacial score (nSPS) is 30.4. The van der Waals surface area contributed by atoms with E-state index >= 15 is 0 Å². The Bertz CT molecular complexity index is 218. The van der Waals surface area contributed by atoms with E-state index in [1.54, 1.807) is 0 Å². The van der Waals surface area contributed by atoms with Crippen molar-refractivity contribution in [2.24, 2.45) is 5.41 Å². The van der Waals surface area contributed by atoms with Gasteiger partial charge in [0, 0.05) is 32.2 Å². The van der Waals surface area contributed by atoms with Crippen LogP contribution < -0.4 is 0 Å². The molecule has 0 spiro atoms. The molecule has 0 bridgehead atoms. The van der Waals surface area contributed by atoms with Gasteiger partial charge in [-0.2, -0.15) is 5.26 Å². The zero-order chi connectivity index (χ0) is 8.77. The van der Waals surface area contributed by atoms with Gasteiger partial charge in [-0.1, -0.05) is 0 Å². The minimum atomic E-state index is -0.0475. The number of likely N-dealkylation sites (N-methyl/N-ethyl adjacent to an activating group) is 1. The summed E-state index contributed by atoms with van der Waals surface area (Å²) < 4.78 is 0. The van der Waals surface area contributed by atoms with E-state index in [0.29, 0.717) is 0 Å². The first kappa shape index (κ1) is 8.03. The molecule has 0 aromatic carbocycles. The molecule has 12 heavy (non-hydrogen) atoms. The van der Waals surface area contributed by atoms with Crippen LogP contribution in [0.25, 0.3) is 0 Å². The maximum Gasteiger partial charge on any atom is 0.0799 e. The molecular weight excluding hydrogens is 150 g/mol. The van der Waals surface area contributed by atoms with Gasteiger partial charge in [-0.05, 0) is 14.0 Å². The molecule has 0 N–H and O–H groups in total. The van der Waals surface area contributed by atoms with E-state index in [-0.39, 0.29) is 5.41 Å². The van der Waals surface area contributed by atoms with Crippen molar-refractivity contribution in [3.05, 3.63) is 0 Å². The molecule has 0 atom stereocenters. The fraction of sp³-hybridized carbons (Fsp3) is 0.889.